The third-order valence-electron chi connectivity index (χ3n) is 3.86. The summed E-state index contributed by atoms with van der Waals surface area (Å²) in [7, 11) is 0. The van der Waals surface area contributed by atoms with E-state index in [1.165, 1.54) is 12.8 Å². The Hall–Kier alpha value is -1.62. The second-order valence-electron chi connectivity index (χ2n) is 5.16. The Labute approximate surface area is 113 Å². The molecule has 1 aliphatic rings. The standard InChI is InChI=1S/C14H21N5/c1-2-15-11-12-4-8-18(9-5-12)13-6-10-19-14(17-13)3-7-16-19/h3,6-7,10,12,15H,2,4-5,8-9,11H2,1H3. The lowest BCUT2D eigenvalue weighted by Gasteiger charge is -2.32. The molecule has 0 aromatic carbocycles. The summed E-state index contributed by atoms with van der Waals surface area (Å²) in [5.74, 6) is 1.89. The first-order valence-electron chi connectivity index (χ1n) is 7.13. The summed E-state index contributed by atoms with van der Waals surface area (Å²) in [5, 5.41) is 7.63. The van der Waals surface area contributed by atoms with Crippen LogP contribution in [0, 0.1) is 5.92 Å². The van der Waals surface area contributed by atoms with Gasteiger partial charge in [0, 0.05) is 25.4 Å². The van der Waals surface area contributed by atoms with Gasteiger partial charge < -0.3 is 10.2 Å². The molecule has 0 unspecified atom stereocenters. The molecule has 0 radical (unpaired) electrons. The van der Waals surface area contributed by atoms with Crippen LogP contribution in [0.3, 0.4) is 0 Å². The maximum atomic E-state index is 4.66. The molecule has 1 N–H and O–H groups in total. The molecule has 19 heavy (non-hydrogen) atoms. The number of rotatable bonds is 4. The highest BCUT2D eigenvalue weighted by Crippen LogP contribution is 2.21. The first kappa shape index (κ1) is 12.4. The van der Waals surface area contributed by atoms with Crippen LogP contribution >= 0.6 is 0 Å². The van der Waals surface area contributed by atoms with Crippen LogP contribution in [-0.2, 0) is 0 Å². The Bertz CT molecular complexity index is 527. The van der Waals surface area contributed by atoms with Crippen molar-refractivity contribution in [2.24, 2.45) is 5.92 Å². The van der Waals surface area contributed by atoms with E-state index in [0.717, 1.165) is 43.6 Å². The van der Waals surface area contributed by atoms with E-state index in [2.05, 4.69) is 33.3 Å². The Kier molecular flexibility index (Phi) is 3.64. The zero-order valence-corrected chi connectivity index (χ0v) is 11.4. The molecule has 3 rings (SSSR count). The first-order valence-corrected chi connectivity index (χ1v) is 7.13. The predicted molar refractivity (Wildman–Crippen MR) is 76.5 cm³/mol. The van der Waals surface area contributed by atoms with Gasteiger partial charge in [-0.15, -0.1) is 0 Å². The van der Waals surface area contributed by atoms with E-state index < -0.39 is 0 Å². The quantitative estimate of drug-likeness (QED) is 0.905. The van der Waals surface area contributed by atoms with Gasteiger partial charge in [0.25, 0.3) is 0 Å². The summed E-state index contributed by atoms with van der Waals surface area (Å²) in [6.45, 7) is 6.60. The largest absolute Gasteiger partial charge is 0.356 e. The van der Waals surface area contributed by atoms with Crippen molar-refractivity contribution in [1.82, 2.24) is 19.9 Å². The van der Waals surface area contributed by atoms with Crippen LogP contribution < -0.4 is 10.2 Å². The molecule has 0 aliphatic carbocycles. The lowest BCUT2D eigenvalue weighted by Crippen LogP contribution is -2.37. The van der Waals surface area contributed by atoms with Gasteiger partial charge in [-0.2, -0.15) is 5.10 Å². The van der Waals surface area contributed by atoms with E-state index in [1.54, 1.807) is 10.7 Å². The molecule has 2 aromatic rings. The summed E-state index contributed by atoms with van der Waals surface area (Å²) in [6, 6.07) is 4.01. The predicted octanol–water partition coefficient (Wildman–Crippen LogP) is 1.56. The van der Waals surface area contributed by atoms with Crippen LogP contribution in [-0.4, -0.2) is 40.8 Å². The molecule has 1 aliphatic heterocycles. The van der Waals surface area contributed by atoms with Gasteiger partial charge in [-0.05, 0) is 37.9 Å². The van der Waals surface area contributed by atoms with E-state index in [4.69, 9.17) is 0 Å². The van der Waals surface area contributed by atoms with Crippen molar-refractivity contribution >= 4 is 11.5 Å². The smallest absolute Gasteiger partial charge is 0.157 e. The number of piperidine rings is 1. The molecule has 0 atom stereocenters. The van der Waals surface area contributed by atoms with Crippen LogP contribution in [0.2, 0.25) is 0 Å². The number of hydrogen-bond donors (Lipinski definition) is 1. The molecule has 0 bridgehead atoms. The number of fused-ring (bicyclic) bond motifs is 1. The Morgan fingerprint density at radius 2 is 2.16 bits per heavy atom. The van der Waals surface area contributed by atoms with Gasteiger partial charge in [-0.25, -0.2) is 9.50 Å². The van der Waals surface area contributed by atoms with Crippen molar-refractivity contribution in [2.75, 3.05) is 31.1 Å². The molecule has 0 amide bonds. The summed E-state index contributed by atoms with van der Waals surface area (Å²) in [5.41, 5.74) is 0.923. The van der Waals surface area contributed by atoms with Gasteiger partial charge in [-0.3, -0.25) is 0 Å². The summed E-state index contributed by atoms with van der Waals surface area (Å²) in [6.07, 6.45) is 6.27. The van der Waals surface area contributed by atoms with Crippen LogP contribution in [0.1, 0.15) is 19.8 Å². The zero-order chi connectivity index (χ0) is 13.1. The average Bonchev–Trinajstić information content (AvgIpc) is 2.93. The van der Waals surface area contributed by atoms with Crippen molar-refractivity contribution in [3.05, 3.63) is 24.5 Å². The minimum Gasteiger partial charge on any atom is -0.356 e. The third-order valence-corrected chi connectivity index (χ3v) is 3.86. The van der Waals surface area contributed by atoms with E-state index in [0.29, 0.717) is 0 Å². The summed E-state index contributed by atoms with van der Waals surface area (Å²) < 4.78 is 1.81. The number of anilines is 1. The first-order chi connectivity index (χ1) is 9.36. The fourth-order valence-electron chi connectivity index (χ4n) is 2.69. The number of aromatic nitrogens is 3. The fraction of sp³-hybridized carbons (Fsp3) is 0.571. The summed E-state index contributed by atoms with van der Waals surface area (Å²) >= 11 is 0. The van der Waals surface area contributed by atoms with E-state index >= 15 is 0 Å². The van der Waals surface area contributed by atoms with Gasteiger partial charge in [0.2, 0.25) is 0 Å². The van der Waals surface area contributed by atoms with E-state index in [1.807, 2.05) is 12.3 Å². The number of hydrogen-bond acceptors (Lipinski definition) is 4. The Morgan fingerprint density at radius 3 is 2.95 bits per heavy atom. The molecular formula is C14H21N5. The minimum atomic E-state index is 0.815. The van der Waals surface area contributed by atoms with Gasteiger partial charge in [-0.1, -0.05) is 6.92 Å². The molecule has 0 saturated carbocycles. The van der Waals surface area contributed by atoms with Gasteiger partial charge in [0.05, 0.1) is 6.20 Å². The Morgan fingerprint density at radius 1 is 1.32 bits per heavy atom. The highest BCUT2D eigenvalue weighted by Gasteiger charge is 2.19. The van der Waals surface area contributed by atoms with Crippen molar-refractivity contribution in [3.63, 3.8) is 0 Å². The molecule has 3 heterocycles. The average molecular weight is 259 g/mol. The molecular weight excluding hydrogens is 238 g/mol. The molecule has 5 heteroatoms. The van der Waals surface area contributed by atoms with Crippen molar-refractivity contribution in [1.29, 1.82) is 0 Å². The molecule has 1 saturated heterocycles. The van der Waals surface area contributed by atoms with Gasteiger partial charge in [0.1, 0.15) is 5.82 Å². The van der Waals surface area contributed by atoms with Crippen LogP contribution in [0.4, 0.5) is 5.82 Å². The topological polar surface area (TPSA) is 45.5 Å². The highest BCUT2D eigenvalue weighted by molar-refractivity contribution is 5.47. The SMILES string of the molecule is CCNCC1CCN(c2ccn3nccc3n2)CC1. The lowest BCUT2D eigenvalue weighted by atomic mass is 9.97. The Balaban J connectivity index is 1.64. The van der Waals surface area contributed by atoms with E-state index in [9.17, 15) is 0 Å². The van der Waals surface area contributed by atoms with Crippen LogP contribution in [0.5, 0.6) is 0 Å². The maximum Gasteiger partial charge on any atom is 0.157 e. The molecule has 2 aromatic heterocycles. The van der Waals surface area contributed by atoms with Crippen LogP contribution in [0.15, 0.2) is 24.5 Å². The second kappa shape index (κ2) is 5.57. The van der Waals surface area contributed by atoms with E-state index in [-0.39, 0.29) is 0 Å². The number of nitrogens with zero attached hydrogens (tertiary/aromatic N) is 4. The monoisotopic (exact) mass is 259 g/mol. The number of nitrogens with one attached hydrogen (secondary N) is 1. The van der Waals surface area contributed by atoms with Gasteiger partial charge in [0.15, 0.2) is 5.65 Å². The highest BCUT2D eigenvalue weighted by atomic mass is 15.3. The lowest BCUT2D eigenvalue weighted by molar-refractivity contribution is 0.385. The third kappa shape index (κ3) is 2.71. The molecule has 0 spiro atoms. The maximum absolute atomic E-state index is 4.66. The summed E-state index contributed by atoms with van der Waals surface area (Å²) in [4.78, 5) is 7.04. The van der Waals surface area contributed by atoms with Crippen molar-refractivity contribution in [3.8, 4) is 0 Å². The van der Waals surface area contributed by atoms with Crippen molar-refractivity contribution in [2.45, 2.75) is 19.8 Å². The fourth-order valence-corrected chi connectivity index (χ4v) is 2.69. The molecule has 1 fully saturated rings. The van der Waals surface area contributed by atoms with Crippen LogP contribution in [0.25, 0.3) is 5.65 Å². The van der Waals surface area contributed by atoms with Crippen molar-refractivity contribution < 1.29 is 0 Å². The zero-order valence-electron chi connectivity index (χ0n) is 11.4. The van der Waals surface area contributed by atoms with Gasteiger partial charge >= 0.3 is 0 Å². The normalized spacial score (nSPS) is 17.2. The minimum absolute atomic E-state index is 0.815. The molecule has 5 nitrogen and oxygen atoms in total. The second-order valence-corrected chi connectivity index (χ2v) is 5.16. The molecule has 102 valence electrons.